The summed E-state index contributed by atoms with van der Waals surface area (Å²) in [4.78, 5) is 0. The summed E-state index contributed by atoms with van der Waals surface area (Å²) in [5.41, 5.74) is 4.92. The minimum atomic E-state index is 1.10. The second-order valence-corrected chi connectivity index (χ2v) is 6.57. The lowest BCUT2D eigenvalue weighted by atomic mass is 9.97. The SMILES string of the molecule is Brc1cc(-c2ccccc2)cc(-c2ccc3ccccc3c2)c1. The van der Waals surface area contributed by atoms with Crippen LogP contribution in [-0.4, -0.2) is 0 Å². The third-order valence-electron chi connectivity index (χ3n) is 4.09. The van der Waals surface area contributed by atoms with E-state index in [4.69, 9.17) is 0 Å². The van der Waals surface area contributed by atoms with Crippen molar-refractivity contribution < 1.29 is 0 Å². The summed E-state index contributed by atoms with van der Waals surface area (Å²) in [6, 6.07) is 32.2. The molecule has 0 N–H and O–H groups in total. The van der Waals surface area contributed by atoms with Crippen LogP contribution >= 0.6 is 15.9 Å². The average Bonchev–Trinajstić information content (AvgIpc) is 2.61. The smallest absolute Gasteiger partial charge is 0.0187 e. The first-order valence-electron chi connectivity index (χ1n) is 7.65. The topological polar surface area (TPSA) is 0 Å². The summed E-state index contributed by atoms with van der Waals surface area (Å²) in [7, 11) is 0. The maximum absolute atomic E-state index is 3.66. The Morgan fingerprint density at radius 2 is 1.09 bits per heavy atom. The van der Waals surface area contributed by atoms with Crippen LogP contribution in [0.5, 0.6) is 0 Å². The zero-order valence-electron chi connectivity index (χ0n) is 12.5. The molecule has 0 fully saturated rings. The highest BCUT2D eigenvalue weighted by Crippen LogP contribution is 2.31. The Morgan fingerprint density at radius 1 is 0.435 bits per heavy atom. The first kappa shape index (κ1) is 14.2. The lowest BCUT2D eigenvalue weighted by Crippen LogP contribution is -1.83. The highest BCUT2D eigenvalue weighted by atomic mass is 79.9. The van der Waals surface area contributed by atoms with Gasteiger partial charge in [-0.3, -0.25) is 0 Å². The molecule has 0 aromatic heterocycles. The van der Waals surface area contributed by atoms with Gasteiger partial charge in [0.15, 0.2) is 0 Å². The zero-order chi connectivity index (χ0) is 15.6. The Labute approximate surface area is 144 Å². The van der Waals surface area contributed by atoms with E-state index in [1.54, 1.807) is 0 Å². The quantitative estimate of drug-likeness (QED) is 0.364. The molecule has 0 heterocycles. The van der Waals surface area contributed by atoms with E-state index in [-0.39, 0.29) is 0 Å². The summed E-state index contributed by atoms with van der Waals surface area (Å²) in [5.74, 6) is 0. The van der Waals surface area contributed by atoms with Gasteiger partial charge in [0.25, 0.3) is 0 Å². The first-order chi connectivity index (χ1) is 11.3. The molecule has 0 spiro atoms. The van der Waals surface area contributed by atoms with Crippen LogP contribution in [0.1, 0.15) is 0 Å². The molecule has 0 atom stereocenters. The molecule has 0 amide bonds. The van der Waals surface area contributed by atoms with E-state index >= 15 is 0 Å². The molecule has 1 heteroatoms. The average molecular weight is 359 g/mol. The van der Waals surface area contributed by atoms with Crippen LogP contribution < -0.4 is 0 Å². The minimum Gasteiger partial charge on any atom is -0.0622 e. The predicted octanol–water partition coefficient (Wildman–Crippen LogP) is 6.94. The number of halogens is 1. The summed E-state index contributed by atoms with van der Waals surface area (Å²) >= 11 is 3.66. The second-order valence-electron chi connectivity index (χ2n) is 5.66. The molecule has 4 aromatic rings. The molecule has 0 bridgehead atoms. The second kappa shape index (κ2) is 6.02. The van der Waals surface area contributed by atoms with Crippen molar-refractivity contribution in [2.24, 2.45) is 0 Å². The van der Waals surface area contributed by atoms with Gasteiger partial charge in [-0.25, -0.2) is 0 Å². The normalized spacial score (nSPS) is 10.8. The van der Waals surface area contributed by atoms with E-state index in [0.717, 1.165) is 4.47 Å². The molecule has 4 rings (SSSR count). The Kier molecular flexibility index (Phi) is 3.72. The fraction of sp³-hybridized carbons (Fsp3) is 0. The molecule has 0 aliphatic carbocycles. The van der Waals surface area contributed by atoms with Gasteiger partial charge in [-0.2, -0.15) is 0 Å². The van der Waals surface area contributed by atoms with Gasteiger partial charge in [-0.05, 0) is 57.3 Å². The monoisotopic (exact) mass is 358 g/mol. The molecule has 0 unspecified atom stereocenters. The molecule has 0 nitrogen and oxygen atoms in total. The Bertz CT molecular complexity index is 971. The molecular formula is C22H15Br. The van der Waals surface area contributed by atoms with Crippen molar-refractivity contribution in [1.82, 2.24) is 0 Å². The fourth-order valence-corrected chi connectivity index (χ4v) is 3.42. The molecule has 0 radical (unpaired) electrons. The Balaban J connectivity index is 1.86. The molecular weight excluding hydrogens is 344 g/mol. The van der Waals surface area contributed by atoms with E-state index < -0.39 is 0 Å². The molecule has 0 aliphatic rings. The van der Waals surface area contributed by atoms with E-state index in [0.29, 0.717) is 0 Å². The van der Waals surface area contributed by atoms with Gasteiger partial charge in [-0.15, -0.1) is 0 Å². The maximum atomic E-state index is 3.66. The van der Waals surface area contributed by atoms with E-state index in [2.05, 4.69) is 101 Å². The lowest BCUT2D eigenvalue weighted by Gasteiger charge is -2.09. The summed E-state index contributed by atoms with van der Waals surface area (Å²) in [6.45, 7) is 0. The summed E-state index contributed by atoms with van der Waals surface area (Å²) in [5, 5.41) is 2.54. The molecule has 110 valence electrons. The minimum absolute atomic E-state index is 1.10. The first-order valence-corrected chi connectivity index (χ1v) is 8.44. The van der Waals surface area contributed by atoms with Crippen molar-refractivity contribution >= 4 is 26.7 Å². The van der Waals surface area contributed by atoms with Gasteiger partial charge >= 0.3 is 0 Å². The van der Waals surface area contributed by atoms with Crippen LogP contribution in [0.2, 0.25) is 0 Å². The van der Waals surface area contributed by atoms with Gasteiger partial charge in [-0.1, -0.05) is 82.7 Å². The van der Waals surface area contributed by atoms with E-state index in [1.165, 1.54) is 33.0 Å². The summed E-state index contributed by atoms with van der Waals surface area (Å²) < 4.78 is 1.10. The standard InChI is InChI=1S/C22H15Br/c23-22-14-20(16-6-2-1-3-7-16)13-21(15-22)19-11-10-17-8-4-5-9-18(17)12-19/h1-15H. The zero-order valence-corrected chi connectivity index (χ0v) is 14.1. The molecule has 0 saturated heterocycles. The maximum Gasteiger partial charge on any atom is 0.0187 e. The van der Waals surface area contributed by atoms with Crippen molar-refractivity contribution in [3.8, 4) is 22.3 Å². The molecule has 0 saturated carbocycles. The van der Waals surface area contributed by atoms with Crippen LogP contribution in [0.4, 0.5) is 0 Å². The predicted molar refractivity (Wildman–Crippen MR) is 103 cm³/mol. The van der Waals surface area contributed by atoms with E-state index in [9.17, 15) is 0 Å². The van der Waals surface area contributed by atoms with Crippen LogP contribution in [0.3, 0.4) is 0 Å². The van der Waals surface area contributed by atoms with Crippen LogP contribution in [0.25, 0.3) is 33.0 Å². The van der Waals surface area contributed by atoms with Crippen LogP contribution in [-0.2, 0) is 0 Å². The number of hydrogen-bond acceptors (Lipinski definition) is 0. The Hall–Kier alpha value is -2.38. The summed E-state index contributed by atoms with van der Waals surface area (Å²) in [6.07, 6.45) is 0. The highest BCUT2D eigenvalue weighted by molar-refractivity contribution is 9.10. The number of fused-ring (bicyclic) bond motifs is 1. The van der Waals surface area contributed by atoms with Gasteiger partial charge in [0.2, 0.25) is 0 Å². The number of hydrogen-bond donors (Lipinski definition) is 0. The van der Waals surface area contributed by atoms with Gasteiger partial charge in [0, 0.05) is 4.47 Å². The van der Waals surface area contributed by atoms with Crippen molar-refractivity contribution in [3.63, 3.8) is 0 Å². The van der Waals surface area contributed by atoms with Crippen LogP contribution in [0.15, 0.2) is 95.5 Å². The van der Waals surface area contributed by atoms with Gasteiger partial charge in [0.1, 0.15) is 0 Å². The largest absolute Gasteiger partial charge is 0.0622 e. The lowest BCUT2D eigenvalue weighted by molar-refractivity contribution is 1.57. The fourth-order valence-electron chi connectivity index (χ4n) is 2.92. The van der Waals surface area contributed by atoms with Gasteiger partial charge < -0.3 is 0 Å². The number of rotatable bonds is 2. The van der Waals surface area contributed by atoms with Crippen LogP contribution in [0, 0.1) is 0 Å². The van der Waals surface area contributed by atoms with Crippen molar-refractivity contribution in [1.29, 1.82) is 0 Å². The molecule has 4 aromatic carbocycles. The van der Waals surface area contributed by atoms with Crippen molar-refractivity contribution in [2.45, 2.75) is 0 Å². The third kappa shape index (κ3) is 2.93. The van der Waals surface area contributed by atoms with Crippen molar-refractivity contribution in [3.05, 3.63) is 95.5 Å². The highest BCUT2D eigenvalue weighted by Gasteiger charge is 2.05. The third-order valence-corrected chi connectivity index (χ3v) is 4.55. The molecule has 0 aliphatic heterocycles. The number of benzene rings is 4. The van der Waals surface area contributed by atoms with Crippen molar-refractivity contribution in [2.75, 3.05) is 0 Å². The van der Waals surface area contributed by atoms with Gasteiger partial charge in [0.05, 0.1) is 0 Å². The Morgan fingerprint density at radius 3 is 1.87 bits per heavy atom. The van der Waals surface area contributed by atoms with E-state index in [1.807, 2.05) is 6.07 Å². The molecule has 23 heavy (non-hydrogen) atoms.